The maximum atomic E-state index is 13.3. The van der Waals surface area contributed by atoms with Crippen LogP contribution in [0.5, 0.6) is 0 Å². The summed E-state index contributed by atoms with van der Waals surface area (Å²) in [6, 6.07) is 19.4. The van der Waals surface area contributed by atoms with Crippen LogP contribution in [0.2, 0.25) is 5.02 Å². The van der Waals surface area contributed by atoms with Crippen LogP contribution in [0.4, 0.5) is 11.4 Å². The molecule has 1 fully saturated rings. The molecule has 2 aliphatic heterocycles. The fraction of sp³-hybridized carbons (Fsp3) is 0.269. The van der Waals surface area contributed by atoms with Gasteiger partial charge in [-0.3, -0.25) is 9.10 Å². The van der Waals surface area contributed by atoms with Crippen molar-refractivity contribution in [2.45, 2.75) is 29.1 Å². The molecule has 0 aliphatic carbocycles. The Balaban J connectivity index is 1.32. The summed E-state index contributed by atoms with van der Waals surface area (Å²) in [7, 11) is -7.49. The van der Waals surface area contributed by atoms with Crippen molar-refractivity contribution in [1.82, 2.24) is 4.31 Å². The van der Waals surface area contributed by atoms with Crippen LogP contribution in [-0.2, 0) is 31.3 Å². The van der Waals surface area contributed by atoms with Gasteiger partial charge in [-0.25, -0.2) is 16.8 Å². The molecule has 1 saturated heterocycles. The molecular weight excluding hydrogens is 534 g/mol. The van der Waals surface area contributed by atoms with Crippen LogP contribution in [0.3, 0.4) is 0 Å². The number of carbonyl (C=O) groups is 1. The third-order valence-corrected chi connectivity index (χ3v) is 10.7. The van der Waals surface area contributed by atoms with Crippen molar-refractivity contribution in [3.63, 3.8) is 0 Å². The predicted octanol–water partition coefficient (Wildman–Crippen LogP) is 4.13. The number of hydrogen-bond donors (Lipinski definition) is 1. The number of anilines is 2. The van der Waals surface area contributed by atoms with Crippen molar-refractivity contribution in [2.75, 3.05) is 29.3 Å². The number of piperidine rings is 1. The lowest BCUT2D eigenvalue weighted by Crippen LogP contribution is -2.43. The molecule has 2 heterocycles. The third-order valence-electron chi connectivity index (χ3n) is 6.74. The quantitative estimate of drug-likeness (QED) is 0.489. The van der Waals surface area contributed by atoms with E-state index in [1.807, 2.05) is 6.07 Å². The first-order valence-corrected chi connectivity index (χ1v) is 15.2. The number of rotatable bonds is 6. The Hall–Kier alpha value is -2.92. The van der Waals surface area contributed by atoms with Gasteiger partial charge in [0.1, 0.15) is 0 Å². The summed E-state index contributed by atoms with van der Waals surface area (Å²) < 4.78 is 55.3. The van der Waals surface area contributed by atoms with Gasteiger partial charge in [0.15, 0.2) is 0 Å². The lowest BCUT2D eigenvalue weighted by Gasteiger charge is -2.31. The zero-order valence-electron chi connectivity index (χ0n) is 19.9. The van der Waals surface area contributed by atoms with Gasteiger partial charge in [-0.2, -0.15) is 4.31 Å². The molecule has 1 amide bonds. The molecule has 37 heavy (non-hydrogen) atoms. The number of benzene rings is 3. The highest BCUT2D eigenvalue weighted by Crippen LogP contribution is 2.35. The van der Waals surface area contributed by atoms with Crippen LogP contribution in [-0.4, -0.2) is 46.7 Å². The van der Waals surface area contributed by atoms with E-state index in [-0.39, 0.29) is 22.2 Å². The summed E-state index contributed by atoms with van der Waals surface area (Å²) in [5.41, 5.74) is 1.85. The molecule has 0 bridgehead atoms. The standard InChI is InChI=1S/C26H26ClN3O5S2/c27-21-9-12-24(13-10-21)37(34,35)30-16-14-19-8-11-22(17-25(19)30)28-26(31)20-5-4-15-29(18-20)36(32,33)23-6-2-1-3-7-23/h1-3,6-13,17,20H,4-5,14-16,18H2,(H,28,31)/t20-/m1/s1. The first-order valence-electron chi connectivity index (χ1n) is 11.9. The first kappa shape index (κ1) is 25.7. The highest BCUT2D eigenvalue weighted by atomic mass is 35.5. The Kier molecular flexibility index (Phi) is 7.01. The number of hydrogen-bond acceptors (Lipinski definition) is 5. The highest BCUT2D eigenvalue weighted by Gasteiger charge is 2.34. The molecule has 0 aromatic heterocycles. The summed E-state index contributed by atoms with van der Waals surface area (Å²) >= 11 is 5.92. The smallest absolute Gasteiger partial charge is 0.264 e. The van der Waals surface area contributed by atoms with Crippen molar-refractivity contribution in [3.05, 3.63) is 83.4 Å². The van der Waals surface area contributed by atoms with Crippen molar-refractivity contribution >= 4 is 48.9 Å². The molecule has 1 atom stereocenters. The molecular formula is C26H26ClN3O5S2. The Labute approximate surface area is 222 Å². The second-order valence-corrected chi connectivity index (χ2v) is 13.4. The summed E-state index contributed by atoms with van der Waals surface area (Å²) in [4.78, 5) is 13.5. The molecule has 0 saturated carbocycles. The van der Waals surface area contributed by atoms with Crippen molar-refractivity contribution in [3.8, 4) is 0 Å². The van der Waals surface area contributed by atoms with E-state index >= 15 is 0 Å². The fourth-order valence-electron chi connectivity index (χ4n) is 4.77. The number of sulfonamides is 2. The molecule has 5 rings (SSSR count). The van der Waals surface area contributed by atoms with Crippen molar-refractivity contribution in [1.29, 1.82) is 0 Å². The Bertz CT molecular complexity index is 1530. The third kappa shape index (κ3) is 5.11. The monoisotopic (exact) mass is 559 g/mol. The number of fused-ring (bicyclic) bond motifs is 1. The van der Waals surface area contributed by atoms with Gasteiger partial charge in [-0.05, 0) is 73.4 Å². The normalized spacial score (nSPS) is 18.4. The molecule has 194 valence electrons. The van der Waals surface area contributed by atoms with Gasteiger partial charge >= 0.3 is 0 Å². The molecule has 0 spiro atoms. The van der Waals surface area contributed by atoms with Gasteiger partial charge < -0.3 is 5.32 Å². The SMILES string of the molecule is O=C(Nc1ccc2c(c1)N(S(=O)(=O)c1ccc(Cl)cc1)CC2)[C@@H]1CCCN(S(=O)(=O)c2ccccc2)C1. The van der Waals surface area contributed by atoms with Crippen LogP contribution >= 0.6 is 11.6 Å². The molecule has 3 aromatic rings. The minimum atomic E-state index is -3.80. The summed E-state index contributed by atoms with van der Waals surface area (Å²) in [5, 5.41) is 3.32. The molecule has 0 radical (unpaired) electrons. The number of nitrogens with zero attached hydrogens (tertiary/aromatic N) is 2. The second-order valence-electron chi connectivity index (χ2n) is 9.13. The van der Waals surface area contributed by atoms with E-state index in [2.05, 4.69) is 5.32 Å². The number of halogens is 1. The summed E-state index contributed by atoms with van der Waals surface area (Å²) in [5.74, 6) is -0.813. The average molecular weight is 560 g/mol. The largest absolute Gasteiger partial charge is 0.326 e. The average Bonchev–Trinajstić information content (AvgIpc) is 3.34. The summed E-state index contributed by atoms with van der Waals surface area (Å²) in [6.45, 7) is 0.745. The van der Waals surface area contributed by atoms with E-state index in [4.69, 9.17) is 11.6 Å². The first-order chi connectivity index (χ1) is 17.7. The zero-order chi connectivity index (χ0) is 26.2. The van der Waals surface area contributed by atoms with E-state index in [9.17, 15) is 21.6 Å². The summed E-state index contributed by atoms with van der Waals surface area (Å²) in [6.07, 6.45) is 1.70. The number of amides is 1. The van der Waals surface area contributed by atoms with Gasteiger partial charge in [0.2, 0.25) is 15.9 Å². The Morgan fingerprint density at radius 2 is 1.57 bits per heavy atom. The van der Waals surface area contributed by atoms with Crippen LogP contribution in [0.1, 0.15) is 18.4 Å². The topological polar surface area (TPSA) is 104 Å². The van der Waals surface area contributed by atoms with Crippen LogP contribution in [0.25, 0.3) is 0 Å². The van der Waals surface area contributed by atoms with Gasteiger partial charge in [0.05, 0.1) is 21.4 Å². The number of carbonyl (C=O) groups excluding carboxylic acids is 1. The zero-order valence-corrected chi connectivity index (χ0v) is 22.3. The highest BCUT2D eigenvalue weighted by molar-refractivity contribution is 7.92. The predicted molar refractivity (Wildman–Crippen MR) is 143 cm³/mol. The van der Waals surface area contributed by atoms with E-state index in [0.717, 1.165) is 5.56 Å². The molecule has 11 heteroatoms. The molecule has 2 aliphatic rings. The minimum absolute atomic E-state index is 0.0884. The van der Waals surface area contributed by atoms with E-state index in [1.165, 1.54) is 32.9 Å². The number of nitrogens with one attached hydrogen (secondary N) is 1. The van der Waals surface area contributed by atoms with E-state index in [1.54, 1.807) is 42.5 Å². The molecule has 3 aromatic carbocycles. The maximum Gasteiger partial charge on any atom is 0.264 e. The molecule has 0 unspecified atom stereocenters. The van der Waals surface area contributed by atoms with Crippen molar-refractivity contribution < 1.29 is 21.6 Å². The Morgan fingerprint density at radius 3 is 2.30 bits per heavy atom. The van der Waals surface area contributed by atoms with Crippen LogP contribution in [0, 0.1) is 5.92 Å². The van der Waals surface area contributed by atoms with Gasteiger partial charge in [-0.15, -0.1) is 0 Å². The van der Waals surface area contributed by atoms with Crippen LogP contribution in [0.15, 0.2) is 82.6 Å². The van der Waals surface area contributed by atoms with E-state index < -0.39 is 26.0 Å². The van der Waals surface area contributed by atoms with Gasteiger partial charge in [0, 0.05) is 30.3 Å². The lowest BCUT2D eigenvalue weighted by atomic mass is 9.98. The van der Waals surface area contributed by atoms with Crippen molar-refractivity contribution in [2.24, 2.45) is 5.92 Å². The fourth-order valence-corrected chi connectivity index (χ4v) is 7.94. The van der Waals surface area contributed by atoms with Crippen LogP contribution < -0.4 is 9.62 Å². The van der Waals surface area contributed by atoms with E-state index in [0.29, 0.717) is 48.7 Å². The molecule has 8 nitrogen and oxygen atoms in total. The molecule has 1 N–H and O–H groups in total. The Morgan fingerprint density at radius 1 is 0.865 bits per heavy atom. The maximum absolute atomic E-state index is 13.3. The van der Waals surface area contributed by atoms with Gasteiger partial charge in [-0.1, -0.05) is 35.9 Å². The minimum Gasteiger partial charge on any atom is -0.326 e. The second kappa shape index (κ2) is 10.1. The lowest BCUT2D eigenvalue weighted by molar-refractivity contribution is -0.120. The van der Waals surface area contributed by atoms with Gasteiger partial charge in [0.25, 0.3) is 10.0 Å².